The fraction of sp³-hybridized carbons (Fsp3) is 0.909. The van der Waals surface area contributed by atoms with Crippen LogP contribution in [0.25, 0.3) is 0 Å². The summed E-state index contributed by atoms with van der Waals surface area (Å²) in [4.78, 5) is 11.1. The molecule has 102 valence electrons. The van der Waals surface area contributed by atoms with Crippen LogP contribution in [0.4, 0.5) is 0 Å². The van der Waals surface area contributed by atoms with Gasteiger partial charge in [0.05, 0.1) is 15.9 Å². The molecule has 0 atom stereocenters. The summed E-state index contributed by atoms with van der Waals surface area (Å²) in [7, 11) is -4.28. The molecular weight excluding hydrogens is 267 g/mol. The number of ether oxygens (including phenoxy) is 1. The molecule has 0 aliphatic rings. The Labute approximate surface area is 132 Å². The Morgan fingerprint density at radius 3 is 2.22 bits per heavy atom. The Hall–Kier alpha value is 0.380. The van der Waals surface area contributed by atoms with Gasteiger partial charge in [0.1, 0.15) is 6.61 Å². The zero-order valence-corrected chi connectivity index (χ0v) is 14.1. The number of rotatable bonds is 10. The van der Waals surface area contributed by atoms with Gasteiger partial charge in [-0.1, -0.05) is 39.0 Å². The first-order valence-electron chi connectivity index (χ1n) is 6.05. The smallest absolute Gasteiger partial charge is 0.748 e. The van der Waals surface area contributed by atoms with Crippen LogP contribution in [0.3, 0.4) is 0 Å². The van der Waals surface area contributed by atoms with Gasteiger partial charge >= 0.3 is 35.5 Å². The average molecular weight is 288 g/mol. The van der Waals surface area contributed by atoms with Crippen molar-refractivity contribution in [1.29, 1.82) is 0 Å². The van der Waals surface area contributed by atoms with Crippen LogP contribution in [-0.4, -0.2) is 31.3 Å². The van der Waals surface area contributed by atoms with Crippen LogP contribution in [0.2, 0.25) is 0 Å². The third-order valence-corrected chi connectivity index (χ3v) is 3.00. The third-order valence-electron chi connectivity index (χ3n) is 2.33. The van der Waals surface area contributed by atoms with Crippen molar-refractivity contribution in [3.05, 3.63) is 0 Å². The fourth-order valence-corrected chi connectivity index (χ4v) is 1.67. The van der Waals surface area contributed by atoms with Gasteiger partial charge < -0.3 is 9.29 Å². The predicted octanol–water partition coefficient (Wildman–Crippen LogP) is -1.17. The van der Waals surface area contributed by atoms with E-state index in [2.05, 4.69) is 11.7 Å². The second-order valence-electron chi connectivity index (χ2n) is 4.00. The molecule has 0 rings (SSSR count). The van der Waals surface area contributed by atoms with E-state index in [-0.39, 0.29) is 36.2 Å². The first-order chi connectivity index (χ1) is 7.95. The van der Waals surface area contributed by atoms with E-state index in [0.29, 0.717) is 6.42 Å². The van der Waals surface area contributed by atoms with Gasteiger partial charge in [0.25, 0.3) is 0 Å². The molecule has 0 saturated carbocycles. The Kier molecular flexibility index (Phi) is 14.3. The van der Waals surface area contributed by atoms with E-state index in [4.69, 9.17) is 0 Å². The van der Waals surface area contributed by atoms with Crippen molar-refractivity contribution in [2.45, 2.75) is 51.9 Å². The number of hydrogen-bond acceptors (Lipinski definition) is 5. The van der Waals surface area contributed by atoms with Crippen LogP contribution < -0.4 is 29.6 Å². The molecule has 18 heavy (non-hydrogen) atoms. The minimum atomic E-state index is -4.28. The molecule has 0 aromatic heterocycles. The molecule has 0 fully saturated rings. The van der Waals surface area contributed by atoms with Crippen molar-refractivity contribution in [3.63, 3.8) is 0 Å². The molecule has 7 heteroatoms. The van der Waals surface area contributed by atoms with Crippen LogP contribution in [0.5, 0.6) is 0 Å². The molecule has 5 nitrogen and oxygen atoms in total. The Morgan fingerprint density at radius 2 is 1.67 bits per heavy atom. The summed E-state index contributed by atoms with van der Waals surface area (Å²) < 4.78 is 35.3. The SMILES string of the molecule is CCCCCCCCC(=O)OCCS(=O)(=O)[O-].[Na+]. The summed E-state index contributed by atoms with van der Waals surface area (Å²) in [5.74, 6) is -1.07. The normalized spacial score (nSPS) is 10.8. The standard InChI is InChI=1S/C11H22O5S.Na/c1-2-3-4-5-6-7-8-11(12)16-9-10-17(13,14)15;/h2-10H2,1H3,(H,13,14,15);/q;+1/p-1. The quantitative estimate of drug-likeness (QED) is 0.219. The maximum absolute atomic E-state index is 11.1. The van der Waals surface area contributed by atoms with Gasteiger partial charge in [-0.2, -0.15) is 0 Å². The summed E-state index contributed by atoms with van der Waals surface area (Å²) in [5, 5.41) is 0. The molecule has 0 unspecified atom stereocenters. The Morgan fingerprint density at radius 1 is 1.11 bits per heavy atom. The van der Waals surface area contributed by atoms with Crippen molar-refractivity contribution in [2.75, 3.05) is 12.4 Å². The molecule has 0 spiro atoms. The predicted molar refractivity (Wildman–Crippen MR) is 63.5 cm³/mol. The van der Waals surface area contributed by atoms with E-state index >= 15 is 0 Å². The molecule has 0 aromatic rings. The molecular formula is C11H21NaO5S. The maximum Gasteiger partial charge on any atom is 1.00 e. The fourth-order valence-electron chi connectivity index (χ4n) is 1.38. The molecule has 0 heterocycles. The summed E-state index contributed by atoms with van der Waals surface area (Å²) in [6.07, 6.45) is 6.72. The monoisotopic (exact) mass is 288 g/mol. The van der Waals surface area contributed by atoms with E-state index < -0.39 is 21.8 Å². The molecule has 0 radical (unpaired) electrons. The number of hydrogen-bond donors (Lipinski definition) is 0. The van der Waals surface area contributed by atoms with Gasteiger partial charge in [0.2, 0.25) is 0 Å². The van der Waals surface area contributed by atoms with Gasteiger partial charge in [0, 0.05) is 6.42 Å². The van der Waals surface area contributed by atoms with Crippen molar-refractivity contribution >= 4 is 16.1 Å². The number of unbranched alkanes of at least 4 members (excludes halogenated alkanes) is 5. The summed E-state index contributed by atoms with van der Waals surface area (Å²) in [5.41, 5.74) is 0. The molecule has 0 amide bonds. The number of carbonyl (C=O) groups is 1. The summed E-state index contributed by atoms with van der Waals surface area (Å²) in [6.45, 7) is 1.81. The first-order valence-corrected chi connectivity index (χ1v) is 7.62. The van der Waals surface area contributed by atoms with Gasteiger partial charge in [-0.3, -0.25) is 4.79 Å². The first kappa shape index (κ1) is 20.7. The van der Waals surface area contributed by atoms with E-state index in [9.17, 15) is 17.8 Å². The van der Waals surface area contributed by atoms with Crippen LogP contribution in [-0.2, 0) is 19.6 Å². The Bertz CT molecular complexity index is 303. The molecule has 0 saturated heterocycles. The zero-order valence-electron chi connectivity index (χ0n) is 11.3. The van der Waals surface area contributed by atoms with Crippen LogP contribution >= 0.6 is 0 Å². The second kappa shape index (κ2) is 12.4. The minimum Gasteiger partial charge on any atom is -0.748 e. The summed E-state index contributed by atoms with van der Waals surface area (Å²) >= 11 is 0. The largest absolute Gasteiger partial charge is 1.00 e. The van der Waals surface area contributed by atoms with Gasteiger partial charge in [-0.05, 0) is 6.42 Å². The Balaban J connectivity index is 0. The van der Waals surface area contributed by atoms with Crippen molar-refractivity contribution in [1.82, 2.24) is 0 Å². The molecule has 0 N–H and O–H groups in total. The maximum atomic E-state index is 11.1. The van der Waals surface area contributed by atoms with Crippen molar-refractivity contribution in [3.8, 4) is 0 Å². The number of esters is 1. The van der Waals surface area contributed by atoms with Crippen molar-refractivity contribution in [2.24, 2.45) is 0 Å². The molecule has 0 aromatic carbocycles. The van der Waals surface area contributed by atoms with E-state index in [1.54, 1.807) is 0 Å². The van der Waals surface area contributed by atoms with Crippen molar-refractivity contribution < 1.29 is 52.1 Å². The topological polar surface area (TPSA) is 83.5 Å². The summed E-state index contributed by atoms with van der Waals surface area (Å²) in [6, 6.07) is 0. The van der Waals surface area contributed by atoms with E-state index in [0.717, 1.165) is 19.3 Å². The number of carbonyl (C=O) groups excluding carboxylic acids is 1. The molecule has 0 bridgehead atoms. The van der Waals surface area contributed by atoms with Crippen LogP contribution in [0.15, 0.2) is 0 Å². The minimum absolute atomic E-state index is 0. The van der Waals surface area contributed by atoms with Crippen LogP contribution in [0.1, 0.15) is 51.9 Å². The molecule has 0 aliphatic heterocycles. The molecule has 0 aliphatic carbocycles. The van der Waals surface area contributed by atoms with E-state index in [1.165, 1.54) is 19.3 Å². The average Bonchev–Trinajstić information content (AvgIpc) is 2.21. The van der Waals surface area contributed by atoms with Gasteiger partial charge in [-0.15, -0.1) is 0 Å². The van der Waals surface area contributed by atoms with E-state index in [1.807, 2.05) is 0 Å². The zero-order chi connectivity index (χ0) is 13.1. The van der Waals surface area contributed by atoms with Crippen LogP contribution in [0, 0.1) is 0 Å². The van der Waals surface area contributed by atoms with Gasteiger partial charge in [-0.25, -0.2) is 8.42 Å². The second-order valence-corrected chi connectivity index (χ2v) is 5.52. The van der Waals surface area contributed by atoms with Gasteiger partial charge in [0.15, 0.2) is 0 Å². The third kappa shape index (κ3) is 16.4.